The average Bonchev–Trinajstić information content (AvgIpc) is 2.34. The molecule has 0 aliphatic heterocycles. The van der Waals surface area contributed by atoms with Crippen molar-refractivity contribution >= 4 is 13.9 Å². The highest BCUT2D eigenvalue weighted by Crippen LogP contribution is 2.42. The highest BCUT2D eigenvalue weighted by atomic mass is 31.2. The second-order valence-electron chi connectivity index (χ2n) is 5.42. The maximum Gasteiger partial charge on any atom is 0.472 e. The maximum atomic E-state index is 11.6. The van der Waals surface area contributed by atoms with E-state index >= 15 is 0 Å². The van der Waals surface area contributed by atoms with Crippen LogP contribution in [-0.2, 0) is 13.6 Å². The van der Waals surface area contributed by atoms with E-state index in [-0.39, 0.29) is 13.2 Å². The third kappa shape index (κ3) is 8.25. The van der Waals surface area contributed by atoms with Gasteiger partial charge in [-0.25, -0.2) is 4.57 Å². The van der Waals surface area contributed by atoms with E-state index in [4.69, 9.17) is 9.05 Å². The zero-order valence-corrected chi connectivity index (χ0v) is 13.1. The Bertz CT molecular complexity index is 468. The average molecular weight is 300 g/mol. The molecule has 0 saturated carbocycles. The van der Waals surface area contributed by atoms with Crippen LogP contribution in [0.25, 0.3) is 6.08 Å². The lowest BCUT2D eigenvalue weighted by atomic mass is 10.2. The van der Waals surface area contributed by atoms with Crippen molar-refractivity contribution < 1.29 is 23.0 Å². The molecule has 0 aliphatic carbocycles. The first-order chi connectivity index (χ1) is 9.29. The third-order valence-corrected chi connectivity index (χ3v) is 3.44. The quantitative estimate of drug-likeness (QED) is 0.592. The fourth-order valence-corrected chi connectivity index (χ4v) is 2.01. The van der Waals surface area contributed by atoms with Gasteiger partial charge in [-0.15, -0.1) is 0 Å². The van der Waals surface area contributed by atoms with E-state index in [1.165, 1.54) is 0 Å². The van der Waals surface area contributed by atoms with Gasteiger partial charge in [0.15, 0.2) is 0 Å². The molecule has 0 spiro atoms. The van der Waals surface area contributed by atoms with Crippen LogP contribution < -0.4 is 0 Å². The summed E-state index contributed by atoms with van der Waals surface area (Å²) in [6.45, 7) is 0.848. The number of hydrogen-bond acceptors (Lipinski definition) is 3. The molecule has 0 saturated heterocycles. The summed E-state index contributed by atoms with van der Waals surface area (Å²) in [4.78, 5) is 9.48. The molecule has 0 aliphatic rings. The van der Waals surface area contributed by atoms with Crippen molar-refractivity contribution in [1.82, 2.24) is 0 Å². The molecule has 0 bridgehead atoms. The predicted octanol–water partition coefficient (Wildman–Crippen LogP) is 2.54. The molecule has 1 N–H and O–H groups in total. The molecule has 0 aromatic heterocycles. The van der Waals surface area contributed by atoms with Gasteiger partial charge in [0.25, 0.3) is 0 Å². The van der Waals surface area contributed by atoms with Gasteiger partial charge >= 0.3 is 7.82 Å². The molecule has 0 fully saturated rings. The van der Waals surface area contributed by atoms with Crippen LogP contribution >= 0.6 is 7.82 Å². The topological polar surface area (TPSA) is 55.8 Å². The molecule has 1 unspecified atom stereocenters. The van der Waals surface area contributed by atoms with Gasteiger partial charge in [-0.2, -0.15) is 0 Å². The van der Waals surface area contributed by atoms with Gasteiger partial charge in [0.1, 0.15) is 13.2 Å². The van der Waals surface area contributed by atoms with Crippen LogP contribution in [0.5, 0.6) is 0 Å². The minimum Gasteiger partial charge on any atom is -0.329 e. The van der Waals surface area contributed by atoms with Gasteiger partial charge in [0.2, 0.25) is 0 Å². The molecule has 1 aromatic carbocycles. The summed E-state index contributed by atoms with van der Waals surface area (Å²) in [7, 11) is 1.98. The van der Waals surface area contributed by atoms with Crippen molar-refractivity contribution in [3.8, 4) is 0 Å². The molecule has 1 atom stereocenters. The van der Waals surface area contributed by atoms with Crippen molar-refractivity contribution in [1.29, 1.82) is 0 Å². The molecule has 0 amide bonds. The Morgan fingerprint density at radius 3 is 2.45 bits per heavy atom. The number of nitrogens with zero attached hydrogens (tertiary/aromatic N) is 1. The second-order valence-corrected chi connectivity index (χ2v) is 6.88. The standard InChI is InChI=1S/C14H22NO4P/c1-15(2,3)11-13-19-20(16,17)18-12-7-10-14-8-5-4-6-9-14/h4-10H,11-13H2,1-3H3/p+1/b10-7+. The number of hydrogen-bond donors (Lipinski definition) is 1. The Labute approximate surface area is 120 Å². The number of likely N-dealkylation sites (N-methyl/N-ethyl adjacent to an activating group) is 1. The normalized spacial score (nSPS) is 15.4. The molecule has 5 nitrogen and oxygen atoms in total. The molecule has 1 rings (SSSR count). The number of phosphoric ester groups is 1. The Balaban J connectivity index is 2.29. The summed E-state index contributed by atoms with van der Waals surface area (Å²) in [5.74, 6) is 0. The van der Waals surface area contributed by atoms with E-state index in [9.17, 15) is 9.46 Å². The first kappa shape index (κ1) is 17.1. The highest BCUT2D eigenvalue weighted by Gasteiger charge is 2.21. The Morgan fingerprint density at radius 1 is 1.20 bits per heavy atom. The van der Waals surface area contributed by atoms with Crippen LogP contribution in [0.15, 0.2) is 36.4 Å². The van der Waals surface area contributed by atoms with Crippen molar-refractivity contribution in [2.24, 2.45) is 0 Å². The maximum absolute atomic E-state index is 11.6. The SMILES string of the molecule is C[N+](C)(C)CCOP(=O)(O)OC/C=C/c1ccccc1. The van der Waals surface area contributed by atoms with Gasteiger partial charge in [-0.3, -0.25) is 9.05 Å². The van der Waals surface area contributed by atoms with Crippen LogP contribution in [0.1, 0.15) is 5.56 Å². The molecular weight excluding hydrogens is 277 g/mol. The van der Waals surface area contributed by atoms with Crippen molar-refractivity contribution in [3.05, 3.63) is 42.0 Å². The third-order valence-electron chi connectivity index (χ3n) is 2.46. The van der Waals surface area contributed by atoms with Crippen LogP contribution in [0, 0.1) is 0 Å². The molecule has 0 heterocycles. The zero-order valence-electron chi connectivity index (χ0n) is 12.2. The molecule has 0 radical (unpaired) electrons. The smallest absolute Gasteiger partial charge is 0.329 e. The summed E-state index contributed by atoms with van der Waals surface area (Å²) >= 11 is 0. The lowest BCUT2D eigenvalue weighted by Crippen LogP contribution is -2.37. The van der Waals surface area contributed by atoms with Crippen LogP contribution in [0.2, 0.25) is 0 Å². The van der Waals surface area contributed by atoms with Gasteiger partial charge in [-0.1, -0.05) is 42.5 Å². The van der Waals surface area contributed by atoms with Crippen molar-refractivity contribution in [2.75, 3.05) is 40.9 Å². The fraction of sp³-hybridized carbons (Fsp3) is 0.429. The first-order valence-electron chi connectivity index (χ1n) is 6.42. The van der Waals surface area contributed by atoms with Crippen LogP contribution in [-0.4, -0.2) is 50.3 Å². The van der Waals surface area contributed by atoms with E-state index in [0.717, 1.165) is 5.56 Å². The number of quaternary nitrogens is 1. The van der Waals surface area contributed by atoms with E-state index < -0.39 is 7.82 Å². The number of benzene rings is 1. The minimum absolute atomic E-state index is 0.0348. The Hall–Kier alpha value is -0.970. The van der Waals surface area contributed by atoms with E-state index in [1.807, 2.05) is 57.6 Å². The zero-order chi connectivity index (χ0) is 15.1. The van der Waals surface area contributed by atoms with E-state index in [1.54, 1.807) is 6.08 Å². The van der Waals surface area contributed by atoms with Gasteiger partial charge in [0.05, 0.1) is 27.7 Å². The minimum atomic E-state index is -3.96. The fourth-order valence-electron chi connectivity index (χ4n) is 1.35. The van der Waals surface area contributed by atoms with Gasteiger partial charge < -0.3 is 9.38 Å². The monoisotopic (exact) mass is 300 g/mol. The summed E-state index contributed by atoms with van der Waals surface area (Å²) in [5, 5.41) is 0. The molecule has 112 valence electrons. The van der Waals surface area contributed by atoms with Crippen molar-refractivity contribution in [2.45, 2.75) is 0 Å². The molecule has 1 aromatic rings. The summed E-state index contributed by atoms with van der Waals surface area (Å²) in [6, 6.07) is 9.65. The summed E-state index contributed by atoms with van der Waals surface area (Å²) in [6.07, 6.45) is 3.51. The lowest BCUT2D eigenvalue weighted by Gasteiger charge is -2.23. The lowest BCUT2D eigenvalue weighted by molar-refractivity contribution is -0.870. The molecular formula is C14H23NO4P+. The van der Waals surface area contributed by atoms with Crippen molar-refractivity contribution in [3.63, 3.8) is 0 Å². The Morgan fingerprint density at radius 2 is 1.85 bits per heavy atom. The molecule has 6 heteroatoms. The van der Waals surface area contributed by atoms with E-state index in [2.05, 4.69) is 0 Å². The van der Waals surface area contributed by atoms with Crippen LogP contribution in [0.3, 0.4) is 0 Å². The summed E-state index contributed by atoms with van der Waals surface area (Å²) < 4.78 is 22.0. The van der Waals surface area contributed by atoms with E-state index in [0.29, 0.717) is 11.0 Å². The number of rotatable bonds is 8. The highest BCUT2D eigenvalue weighted by molar-refractivity contribution is 7.47. The van der Waals surface area contributed by atoms with Crippen LogP contribution in [0.4, 0.5) is 0 Å². The predicted molar refractivity (Wildman–Crippen MR) is 80.1 cm³/mol. The Kier molecular flexibility index (Phi) is 6.59. The van der Waals surface area contributed by atoms with Gasteiger partial charge in [0, 0.05) is 0 Å². The molecule has 20 heavy (non-hydrogen) atoms. The second kappa shape index (κ2) is 7.72. The number of phosphoric acid groups is 1. The summed E-state index contributed by atoms with van der Waals surface area (Å²) in [5.41, 5.74) is 1.01. The largest absolute Gasteiger partial charge is 0.472 e. The van der Waals surface area contributed by atoms with Gasteiger partial charge in [-0.05, 0) is 5.56 Å². The first-order valence-corrected chi connectivity index (χ1v) is 7.92.